The van der Waals surface area contributed by atoms with Gasteiger partial charge in [-0.25, -0.2) is 9.37 Å². The van der Waals surface area contributed by atoms with Crippen LogP contribution in [0, 0.1) is 11.8 Å². The first-order chi connectivity index (χ1) is 12.1. The summed E-state index contributed by atoms with van der Waals surface area (Å²) in [7, 11) is 0. The van der Waals surface area contributed by atoms with E-state index in [1.807, 2.05) is 24.3 Å². The van der Waals surface area contributed by atoms with Gasteiger partial charge in [0.1, 0.15) is 5.82 Å². The molecule has 3 aromatic rings. The van der Waals surface area contributed by atoms with E-state index in [0.29, 0.717) is 17.1 Å². The molecule has 5 heteroatoms. The molecule has 4 rings (SSSR count). The van der Waals surface area contributed by atoms with Gasteiger partial charge in [-0.05, 0) is 41.3 Å². The van der Waals surface area contributed by atoms with Crippen molar-refractivity contribution in [1.82, 2.24) is 4.98 Å². The van der Waals surface area contributed by atoms with E-state index in [4.69, 9.17) is 11.6 Å². The fourth-order valence-corrected chi connectivity index (χ4v) is 3.48. The minimum atomic E-state index is -0.559. The van der Waals surface area contributed by atoms with Crippen LogP contribution in [0.3, 0.4) is 0 Å². The number of pyridine rings is 1. The Kier molecular flexibility index (Phi) is 4.14. The number of nitrogens with zero attached hydrogens (tertiary/aromatic N) is 2. The van der Waals surface area contributed by atoms with E-state index >= 15 is 0 Å². The molecular formula is C20H15ClF2N2. The van der Waals surface area contributed by atoms with E-state index in [-0.39, 0.29) is 5.82 Å². The molecule has 0 fully saturated rings. The maximum absolute atomic E-state index is 13.5. The van der Waals surface area contributed by atoms with Crippen molar-refractivity contribution in [2.24, 2.45) is 0 Å². The Morgan fingerprint density at radius 1 is 1.08 bits per heavy atom. The third-order valence-corrected chi connectivity index (χ3v) is 4.77. The smallest absolute Gasteiger partial charge is 0.213 e. The Morgan fingerprint density at radius 3 is 2.80 bits per heavy atom. The van der Waals surface area contributed by atoms with Crippen molar-refractivity contribution in [2.75, 3.05) is 11.4 Å². The highest BCUT2D eigenvalue weighted by molar-refractivity contribution is 6.33. The van der Waals surface area contributed by atoms with E-state index in [9.17, 15) is 8.78 Å². The molecule has 0 unspecified atom stereocenters. The second-order valence-corrected chi connectivity index (χ2v) is 6.54. The van der Waals surface area contributed by atoms with Crippen LogP contribution in [0.15, 0.2) is 54.7 Å². The molecule has 0 spiro atoms. The molecule has 0 saturated carbocycles. The molecule has 0 atom stereocenters. The summed E-state index contributed by atoms with van der Waals surface area (Å²) in [6, 6.07) is 14.0. The highest BCUT2D eigenvalue weighted by Crippen LogP contribution is 2.36. The first kappa shape index (κ1) is 16.0. The average molecular weight is 357 g/mol. The van der Waals surface area contributed by atoms with E-state index in [1.54, 1.807) is 12.1 Å². The number of anilines is 1. The lowest BCUT2D eigenvalue weighted by atomic mass is 10.0. The minimum Gasteiger partial charge on any atom is -0.367 e. The number of halogens is 3. The zero-order valence-corrected chi connectivity index (χ0v) is 14.1. The predicted octanol–water partition coefficient (Wildman–Crippen LogP) is 5.24. The van der Waals surface area contributed by atoms with Crippen LogP contribution in [-0.4, -0.2) is 11.5 Å². The van der Waals surface area contributed by atoms with Crippen LogP contribution in [0.5, 0.6) is 0 Å². The van der Waals surface area contributed by atoms with Crippen molar-refractivity contribution in [3.8, 4) is 11.1 Å². The first-order valence-electron chi connectivity index (χ1n) is 8.04. The SMILES string of the molecule is Fc1cccc(CN2CCc3ccc(-c4cc(F)ncc4Cl)cc32)c1. The number of rotatable bonds is 3. The van der Waals surface area contributed by atoms with Gasteiger partial charge in [0.2, 0.25) is 5.95 Å². The van der Waals surface area contributed by atoms with E-state index < -0.39 is 5.95 Å². The van der Waals surface area contributed by atoms with Gasteiger partial charge >= 0.3 is 0 Å². The van der Waals surface area contributed by atoms with E-state index in [0.717, 1.165) is 29.8 Å². The van der Waals surface area contributed by atoms with Crippen molar-refractivity contribution in [3.05, 3.63) is 82.6 Å². The average Bonchev–Trinajstić information content (AvgIpc) is 2.99. The quantitative estimate of drug-likeness (QED) is 0.596. The van der Waals surface area contributed by atoms with Gasteiger partial charge in [0.05, 0.1) is 5.02 Å². The van der Waals surface area contributed by atoms with Crippen LogP contribution < -0.4 is 4.90 Å². The summed E-state index contributed by atoms with van der Waals surface area (Å²) >= 11 is 6.18. The highest BCUT2D eigenvalue weighted by Gasteiger charge is 2.20. The van der Waals surface area contributed by atoms with Crippen molar-refractivity contribution in [3.63, 3.8) is 0 Å². The molecule has 0 amide bonds. The third-order valence-electron chi connectivity index (χ3n) is 4.47. The predicted molar refractivity (Wildman–Crippen MR) is 95.8 cm³/mol. The Morgan fingerprint density at radius 2 is 1.96 bits per heavy atom. The minimum absolute atomic E-state index is 0.232. The standard InChI is InChI=1S/C20H15ClF2N2/c21-18-11-24-20(23)10-17(18)15-5-4-14-6-7-25(19(14)9-15)12-13-2-1-3-16(22)8-13/h1-5,8-11H,6-7,12H2. The molecule has 1 aliphatic heterocycles. The molecule has 25 heavy (non-hydrogen) atoms. The van der Waals surface area contributed by atoms with Crippen LogP contribution in [0.4, 0.5) is 14.5 Å². The van der Waals surface area contributed by atoms with Gasteiger partial charge in [-0.15, -0.1) is 0 Å². The van der Waals surface area contributed by atoms with Gasteiger partial charge in [-0.2, -0.15) is 4.39 Å². The molecule has 1 aromatic heterocycles. The molecule has 2 heterocycles. The first-order valence-corrected chi connectivity index (χ1v) is 8.42. The van der Waals surface area contributed by atoms with E-state index in [2.05, 4.69) is 9.88 Å². The zero-order chi connectivity index (χ0) is 17.4. The number of benzene rings is 2. The fourth-order valence-electron chi connectivity index (χ4n) is 3.27. The molecule has 0 saturated heterocycles. The summed E-state index contributed by atoms with van der Waals surface area (Å²) in [5.41, 5.74) is 4.69. The van der Waals surface area contributed by atoms with E-state index in [1.165, 1.54) is 23.9 Å². The Hall–Kier alpha value is -2.46. The maximum Gasteiger partial charge on any atom is 0.213 e. The molecule has 126 valence electrons. The topological polar surface area (TPSA) is 16.1 Å². The largest absolute Gasteiger partial charge is 0.367 e. The van der Waals surface area contributed by atoms with Gasteiger partial charge in [0.15, 0.2) is 0 Å². The maximum atomic E-state index is 13.5. The Balaban J connectivity index is 1.68. The summed E-state index contributed by atoms with van der Waals surface area (Å²) in [6.07, 6.45) is 2.26. The molecule has 0 aliphatic carbocycles. The fraction of sp³-hybridized carbons (Fsp3) is 0.150. The lowest BCUT2D eigenvalue weighted by Crippen LogP contribution is -2.19. The lowest BCUT2D eigenvalue weighted by molar-refractivity contribution is 0.584. The lowest BCUT2D eigenvalue weighted by Gasteiger charge is -2.20. The molecule has 0 radical (unpaired) electrons. The van der Waals surface area contributed by atoms with Crippen molar-refractivity contribution in [1.29, 1.82) is 0 Å². The molecule has 0 N–H and O–H groups in total. The van der Waals surface area contributed by atoms with Gasteiger partial charge in [0, 0.05) is 36.6 Å². The van der Waals surface area contributed by atoms with Gasteiger partial charge in [-0.1, -0.05) is 35.9 Å². The summed E-state index contributed by atoms with van der Waals surface area (Å²) < 4.78 is 26.9. The number of hydrogen-bond acceptors (Lipinski definition) is 2. The van der Waals surface area contributed by atoms with Crippen LogP contribution in [0.2, 0.25) is 5.02 Å². The molecule has 1 aliphatic rings. The summed E-state index contributed by atoms with van der Waals surface area (Å²) in [5, 5.41) is 0.413. The molecular weight excluding hydrogens is 342 g/mol. The van der Waals surface area contributed by atoms with Crippen molar-refractivity contribution in [2.45, 2.75) is 13.0 Å². The zero-order valence-electron chi connectivity index (χ0n) is 13.3. The number of fused-ring (bicyclic) bond motifs is 1. The Labute approximate surface area is 149 Å². The summed E-state index contributed by atoms with van der Waals surface area (Å²) in [5.74, 6) is -0.791. The third kappa shape index (κ3) is 3.22. The second-order valence-electron chi connectivity index (χ2n) is 6.13. The normalized spacial score (nSPS) is 13.2. The number of aromatic nitrogens is 1. The Bertz CT molecular complexity index is 943. The summed E-state index contributed by atoms with van der Waals surface area (Å²) in [6.45, 7) is 1.50. The molecule has 2 aromatic carbocycles. The van der Waals surface area contributed by atoms with Crippen LogP contribution in [0.1, 0.15) is 11.1 Å². The van der Waals surface area contributed by atoms with Crippen LogP contribution in [-0.2, 0) is 13.0 Å². The van der Waals surface area contributed by atoms with Gasteiger partial charge in [0.25, 0.3) is 0 Å². The molecule has 2 nitrogen and oxygen atoms in total. The number of hydrogen-bond donors (Lipinski definition) is 0. The van der Waals surface area contributed by atoms with Crippen LogP contribution in [0.25, 0.3) is 11.1 Å². The summed E-state index contributed by atoms with van der Waals surface area (Å²) in [4.78, 5) is 5.78. The van der Waals surface area contributed by atoms with Crippen molar-refractivity contribution < 1.29 is 8.78 Å². The monoisotopic (exact) mass is 356 g/mol. The van der Waals surface area contributed by atoms with Gasteiger partial charge < -0.3 is 4.90 Å². The highest BCUT2D eigenvalue weighted by atomic mass is 35.5. The molecule has 0 bridgehead atoms. The van der Waals surface area contributed by atoms with Crippen LogP contribution >= 0.6 is 11.6 Å². The van der Waals surface area contributed by atoms with Crippen molar-refractivity contribution >= 4 is 17.3 Å². The van der Waals surface area contributed by atoms with Gasteiger partial charge in [-0.3, -0.25) is 0 Å². The second kappa shape index (κ2) is 6.45.